The number of hydrogen-bond donors (Lipinski definition) is 1. The number of pyridine rings is 1. The topological polar surface area (TPSA) is 71.2 Å². The number of aryl methyl sites for hydroxylation is 1. The number of hydrogen-bond acceptors (Lipinski definition) is 5. The second-order valence-electron chi connectivity index (χ2n) is 6.92. The molecule has 6 nitrogen and oxygen atoms in total. The zero-order chi connectivity index (χ0) is 17.4. The highest BCUT2D eigenvalue weighted by molar-refractivity contribution is 7.99. The number of amides is 1. The minimum absolute atomic E-state index is 0.107. The summed E-state index contributed by atoms with van der Waals surface area (Å²) in [5.41, 5.74) is -0.0403. The van der Waals surface area contributed by atoms with Gasteiger partial charge in [0.05, 0.1) is 16.5 Å². The molecule has 0 saturated carbocycles. The van der Waals surface area contributed by atoms with Crippen LogP contribution < -0.4 is 0 Å². The summed E-state index contributed by atoms with van der Waals surface area (Å²) < 4.78 is 1.74. The predicted octanol–water partition coefficient (Wildman–Crippen LogP) is 1.95. The number of rotatable bonds is 4. The van der Waals surface area contributed by atoms with Gasteiger partial charge in [0, 0.05) is 44.4 Å². The van der Waals surface area contributed by atoms with E-state index in [1.165, 1.54) is 11.8 Å². The highest BCUT2D eigenvalue weighted by Gasteiger charge is 2.50. The van der Waals surface area contributed by atoms with Crippen molar-refractivity contribution in [3.05, 3.63) is 42.4 Å². The lowest BCUT2D eigenvalue weighted by atomic mass is 9.83. The van der Waals surface area contributed by atoms with Crippen molar-refractivity contribution in [3.63, 3.8) is 0 Å². The van der Waals surface area contributed by atoms with Crippen molar-refractivity contribution < 1.29 is 9.90 Å². The van der Waals surface area contributed by atoms with E-state index in [2.05, 4.69) is 10.1 Å². The fourth-order valence-electron chi connectivity index (χ4n) is 4.31. The van der Waals surface area contributed by atoms with E-state index in [1.54, 1.807) is 17.1 Å². The Morgan fingerprint density at radius 2 is 2.04 bits per heavy atom. The Morgan fingerprint density at radius 1 is 1.28 bits per heavy atom. The van der Waals surface area contributed by atoms with E-state index in [0.717, 1.165) is 23.6 Å². The summed E-state index contributed by atoms with van der Waals surface area (Å²) in [6.07, 6.45) is 6.56. The molecule has 0 radical (unpaired) electrons. The van der Waals surface area contributed by atoms with Gasteiger partial charge in [-0.05, 0) is 31.0 Å². The number of carbonyl (C=O) groups is 1. The molecule has 2 aliphatic heterocycles. The van der Waals surface area contributed by atoms with Crippen molar-refractivity contribution in [2.75, 3.05) is 5.75 Å². The van der Waals surface area contributed by atoms with Gasteiger partial charge in [-0.15, -0.1) is 0 Å². The molecule has 2 aromatic rings. The lowest BCUT2D eigenvalue weighted by Crippen LogP contribution is -2.53. The molecule has 0 aliphatic carbocycles. The maximum absolute atomic E-state index is 12.8. The summed E-state index contributed by atoms with van der Waals surface area (Å²) in [4.78, 5) is 19.0. The molecule has 7 heteroatoms. The Hall–Kier alpha value is -1.86. The molecule has 2 aromatic heterocycles. The summed E-state index contributed by atoms with van der Waals surface area (Å²) >= 11 is 1.48. The highest BCUT2D eigenvalue weighted by atomic mass is 32.2. The number of carbonyl (C=O) groups excluding carboxylic acids is 1. The first-order valence-corrected chi connectivity index (χ1v) is 9.61. The van der Waals surface area contributed by atoms with Crippen LogP contribution in [0.3, 0.4) is 0 Å². The van der Waals surface area contributed by atoms with Crippen LogP contribution in [0.5, 0.6) is 0 Å². The van der Waals surface area contributed by atoms with Crippen LogP contribution in [0.2, 0.25) is 0 Å². The lowest BCUT2D eigenvalue weighted by Gasteiger charge is -2.43. The first-order chi connectivity index (χ1) is 12.1. The molecule has 132 valence electrons. The van der Waals surface area contributed by atoms with Gasteiger partial charge in [0.25, 0.3) is 0 Å². The van der Waals surface area contributed by atoms with Crippen LogP contribution in [0, 0.1) is 0 Å². The third-order valence-corrected chi connectivity index (χ3v) is 6.26. The average molecular weight is 358 g/mol. The maximum atomic E-state index is 12.8. The normalized spacial score (nSPS) is 28.3. The summed E-state index contributed by atoms with van der Waals surface area (Å²) in [7, 11) is 1.86. The average Bonchev–Trinajstić information content (AvgIpc) is 3.16. The second-order valence-corrected chi connectivity index (χ2v) is 7.92. The number of thioether (sulfide) groups is 1. The van der Waals surface area contributed by atoms with Crippen molar-refractivity contribution in [2.24, 2.45) is 7.05 Å². The molecule has 0 aromatic carbocycles. The molecule has 2 fully saturated rings. The van der Waals surface area contributed by atoms with E-state index >= 15 is 0 Å². The van der Waals surface area contributed by atoms with E-state index < -0.39 is 5.60 Å². The fraction of sp³-hybridized carbons (Fsp3) is 0.500. The van der Waals surface area contributed by atoms with Gasteiger partial charge in [-0.25, -0.2) is 4.98 Å². The number of nitrogens with zero attached hydrogens (tertiary/aromatic N) is 4. The number of piperidine rings is 1. The Balaban J connectivity index is 1.45. The molecule has 25 heavy (non-hydrogen) atoms. The molecule has 2 saturated heterocycles. The first-order valence-electron chi connectivity index (χ1n) is 8.63. The minimum Gasteiger partial charge on any atom is -0.383 e. The highest BCUT2D eigenvalue weighted by Crippen LogP contribution is 2.45. The molecule has 0 unspecified atom stereocenters. The third-order valence-electron chi connectivity index (χ3n) is 5.33. The van der Waals surface area contributed by atoms with Crippen LogP contribution >= 0.6 is 11.8 Å². The molecule has 2 bridgehead atoms. The van der Waals surface area contributed by atoms with Gasteiger partial charge in [0.15, 0.2) is 0 Å². The quantitative estimate of drug-likeness (QED) is 0.846. The van der Waals surface area contributed by atoms with Gasteiger partial charge in [0.1, 0.15) is 5.60 Å². The van der Waals surface area contributed by atoms with Crippen LogP contribution in [-0.4, -0.2) is 48.5 Å². The molecule has 2 aliphatic rings. The van der Waals surface area contributed by atoms with Gasteiger partial charge in [0.2, 0.25) is 5.91 Å². The van der Waals surface area contributed by atoms with Gasteiger partial charge >= 0.3 is 0 Å². The van der Waals surface area contributed by atoms with Gasteiger partial charge < -0.3 is 10.0 Å². The Morgan fingerprint density at radius 3 is 2.64 bits per heavy atom. The smallest absolute Gasteiger partial charge is 0.233 e. The molecular weight excluding hydrogens is 336 g/mol. The van der Waals surface area contributed by atoms with E-state index in [-0.39, 0.29) is 18.0 Å². The standard InChI is InChI=1S/C18H22N4O2S/c1-21-15(7-9-20-21)18(24)10-13-5-6-14(11-18)22(13)17(23)12-25-16-4-2-3-8-19-16/h2-4,7-9,13-14,24H,5-6,10-12H2,1H3/t13-,14-/m0/s1. The molecule has 0 spiro atoms. The fourth-order valence-corrected chi connectivity index (χ4v) is 5.04. The van der Waals surface area contributed by atoms with Crippen LogP contribution in [0.1, 0.15) is 31.4 Å². The van der Waals surface area contributed by atoms with Gasteiger partial charge in [-0.1, -0.05) is 17.8 Å². The van der Waals surface area contributed by atoms with Crippen molar-refractivity contribution in [1.82, 2.24) is 19.7 Å². The monoisotopic (exact) mass is 358 g/mol. The van der Waals surface area contributed by atoms with Crippen LogP contribution in [0.4, 0.5) is 0 Å². The van der Waals surface area contributed by atoms with Crippen molar-refractivity contribution >= 4 is 17.7 Å². The van der Waals surface area contributed by atoms with E-state index in [1.807, 2.05) is 36.2 Å². The predicted molar refractivity (Wildman–Crippen MR) is 95.0 cm³/mol. The summed E-state index contributed by atoms with van der Waals surface area (Å²) in [6.45, 7) is 0. The largest absolute Gasteiger partial charge is 0.383 e. The first kappa shape index (κ1) is 16.6. The molecule has 4 heterocycles. The molecule has 2 atom stereocenters. The van der Waals surface area contributed by atoms with Gasteiger partial charge in [-0.2, -0.15) is 5.10 Å². The van der Waals surface area contributed by atoms with E-state index in [4.69, 9.17) is 0 Å². The van der Waals surface area contributed by atoms with Crippen molar-refractivity contribution in [3.8, 4) is 0 Å². The van der Waals surface area contributed by atoms with Crippen LogP contribution in [0.25, 0.3) is 0 Å². The molecular formula is C18H22N4O2S. The lowest BCUT2D eigenvalue weighted by molar-refractivity contribution is -0.139. The number of aromatic nitrogens is 3. The van der Waals surface area contributed by atoms with E-state index in [0.29, 0.717) is 18.6 Å². The van der Waals surface area contributed by atoms with Crippen LogP contribution in [-0.2, 0) is 17.4 Å². The minimum atomic E-state index is -0.887. The molecule has 1 N–H and O–H groups in total. The zero-order valence-corrected chi connectivity index (χ0v) is 15.0. The zero-order valence-electron chi connectivity index (χ0n) is 14.2. The summed E-state index contributed by atoms with van der Waals surface area (Å²) in [5.74, 6) is 0.545. The van der Waals surface area contributed by atoms with Gasteiger partial charge in [-0.3, -0.25) is 9.48 Å². The third kappa shape index (κ3) is 3.06. The Kier molecular flexibility index (Phi) is 4.29. The molecule has 4 rings (SSSR count). The van der Waals surface area contributed by atoms with Crippen LogP contribution in [0.15, 0.2) is 41.7 Å². The maximum Gasteiger partial charge on any atom is 0.233 e. The second kappa shape index (κ2) is 6.46. The van der Waals surface area contributed by atoms with E-state index in [9.17, 15) is 9.90 Å². The van der Waals surface area contributed by atoms with Crippen molar-refractivity contribution in [1.29, 1.82) is 0 Å². The number of fused-ring (bicyclic) bond motifs is 2. The summed E-state index contributed by atoms with van der Waals surface area (Å²) in [5, 5.41) is 16.2. The SMILES string of the molecule is Cn1nccc1C1(O)C[C@@H]2CC[C@@H](C1)N2C(=O)CSc1ccccn1. The van der Waals surface area contributed by atoms with Crippen molar-refractivity contribution in [2.45, 2.75) is 48.4 Å². The number of aliphatic hydroxyl groups is 1. The Labute approximate surface area is 151 Å². The summed E-state index contributed by atoms with van der Waals surface area (Å²) in [6, 6.07) is 7.82. The molecule has 1 amide bonds. The Bertz CT molecular complexity index is 749.